The Morgan fingerprint density at radius 1 is 1.22 bits per heavy atom. The van der Waals surface area contributed by atoms with Gasteiger partial charge in [-0.2, -0.15) is 0 Å². The van der Waals surface area contributed by atoms with Crippen LogP contribution in [0.5, 0.6) is 0 Å². The first-order chi connectivity index (χ1) is 9.98. The molecule has 1 fully saturated rings. The third kappa shape index (κ3) is 6.30. The van der Waals surface area contributed by atoms with Crippen LogP contribution in [0.4, 0.5) is 0 Å². The van der Waals surface area contributed by atoms with Crippen molar-refractivity contribution in [2.45, 2.75) is 47.5 Å². The molecule has 23 heavy (non-hydrogen) atoms. The van der Waals surface area contributed by atoms with Crippen LogP contribution < -0.4 is 5.73 Å². The Kier molecular flexibility index (Phi) is 8.04. The molecule has 2 N–H and O–H groups in total. The van der Waals surface area contributed by atoms with Gasteiger partial charge in [0.25, 0.3) is 0 Å². The van der Waals surface area contributed by atoms with Gasteiger partial charge in [0.1, 0.15) is 0 Å². The van der Waals surface area contributed by atoms with Crippen molar-refractivity contribution >= 4 is 24.2 Å². The standard InChI is InChI=1S/C17H33N3O2.ClH/c1-16(2,3)15(22)20-9-7-8-13(10-20)14(21)19(6)12-17(4,5)11-18;/h13H,7-12,18H2,1-6H3;1H. The lowest BCUT2D eigenvalue weighted by atomic mass is 9.89. The smallest absolute Gasteiger partial charge is 0.227 e. The SMILES string of the molecule is CN(CC(C)(C)CN)C(=O)C1CCCN(C(=O)C(C)(C)C)C1.Cl. The summed E-state index contributed by atoms with van der Waals surface area (Å²) in [5, 5.41) is 0. The Morgan fingerprint density at radius 3 is 2.26 bits per heavy atom. The van der Waals surface area contributed by atoms with Gasteiger partial charge in [0, 0.05) is 32.1 Å². The molecule has 0 spiro atoms. The maximum Gasteiger partial charge on any atom is 0.227 e. The summed E-state index contributed by atoms with van der Waals surface area (Å²) < 4.78 is 0. The van der Waals surface area contributed by atoms with Crippen molar-refractivity contribution in [3.63, 3.8) is 0 Å². The van der Waals surface area contributed by atoms with Gasteiger partial charge in [-0.25, -0.2) is 0 Å². The van der Waals surface area contributed by atoms with Crippen molar-refractivity contribution < 1.29 is 9.59 Å². The van der Waals surface area contributed by atoms with Crippen molar-refractivity contribution in [1.29, 1.82) is 0 Å². The lowest BCUT2D eigenvalue weighted by molar-refractivity contribution is -0.145. The Labute approximate surface area is 147 Å². The van der Waals surface area contributed by atoms with Crippen LogP contribution in [-0.2, 0) is 9.59 Å². The predicted octanol–water partition coefficient (Wildman–Crippen LogP) is 2.14. The van der Waals surface area contributed by atoms with Crippen molar-refractivity contribution in [2.75, 3.05) is 33.2 Å². The molecule has 5 nitrogen and oxygen atoms in total. The molecule has 6 heteroatoms. The van der Waals surface area contributed by atoms with E-state index in [0.29, 0.717) is 19.6 Å². The summed E-state index contributed by atoms with van der Waals surface area (Å²) in [5.41, 5.74) is 5.28. The van der Waals surface area contributed by atoms with E-state index >= 15 is 0 Å². The molecule has 1 saturated heterocycles. The van der Waals surface area contributed by atoms with Gasteiger partial charge >= 0.3 is 0 Å². The lowest BCUT2D eigenvalue weighted by Gasteiger charge is -2.38. The van der Waals surface area contributed by atoms with Crippen molar-refractivity contribution in [3.8, 4) is 0 Å². The zero-order valence-electron chi connectivity index (χ0n) is 15.5. The van der Waals surface area contributed by atoms with Gasteiger partial charge in [-0.05, 0) is 24.8 Å². The van der Waals surface area contributed by atoms with E-state index in [4.69, 9.17) is 5.73 Å². The topological polar surface area (TPSA) is 66.6 Å². The van der Waals surface area contributed by atoms with E-state index in [2.05, 4.69) is 13.8 Å². The molecule has 1 unspecified atom stereocenters. The molecular weight excluding hydrogens is 314 g/mol. The average Bonchev–Trinajstić information content (AvgIpc) is 2.44. The van der Waals surface area contributed by atoms with Crippen LogP contribution in [0.3, 0.4) is 0 Å². The summed E-state index contributed by atoms with van der Waals surface area (Å²) in [5.74, 6) is 0.182. The summed E-state index contributed by atoms with van der Waals surface area (Å²) in [6.07, 6.45) is 1.76. The van der Waals surface area contributed by atoms with Crippen LogP contribution in [0, 0.1) is 16.7 Å². The largest absolute Gasteiger partial charge is 0.345 e. The molecule has 0 bridgehead atoms. The van der Waals surface area contributed by atoms with Crippen molar-refractivity contribution in [1.82, 2.24) is 9.80 Å². The Balaban J connectivity index is 0.00000484. The summed E-state index contributed by atoms with van der Waals surface area (Å²) in [6.45, 7) is 12.4. The summed E-state index contributed by atoms with van der Waals surface area (Å²) in [6, 6.07) is 0. The minimum absolute atomic E-state index is 0. The summed E-state index contributed by atoms with van der Waals surface area (Å²) >= 11 is 0. The minimum Gasteiger partial charge on any atom is -0.345 e. The normalized spacial score (nSPS) is 19.1. The number of carbonyl (C=O) groups excluding carboxylic acids is 2. The van der Waals surface area contributed by atoms with Crippen LogP contribution in [0.2, 0.25) is 0 Å². The fourth-order valence-electron chi connectivity index (χ4n) is 2.93. The molecule has 1 atom stereocenters. The molecule has 0 aliphatic carbocycles. The number of halogens is 1. The molecule has 2 amide bonds. The van der Waals surface area contributed by atoms with Gasteiger partial charge in [0.05, 0.1) is 5.92 Å². The van der Waals surface area contributed by atoms with Gasteiger partial charge in [-0.1, -0.05) is 34.6 Å². The van der Waals surface area contributed by atoms with Gasteiger partial charge in [-0.15, -0.1) is 12.4 Å². The Morgan fingerprint density at radius 2 is 1.78 bits per heavy atom. The highest BCUT2D eigenvalue weighted by Gasteiger charge is 2.35. The number of rotatable bonds is 4. The second kappa shape index (κ2) is 8.34. The van der Waals surface area contributed by atoms with Crippen LogP contribution in [0.15, 0.2) is 0 Å². The number of nitrogens with zero attached hydrogens (tertiary/aromatic N) is 2. The second-order valence-electron chi connectivity index (χ2n) is 8.40. The van der Waals surface area contributed by atoms with Gasteiger partial charge < -0.3 is 15.5 Å². The third-order valence-electron chi connectivity index (χ3n) is 4.29. The van der Waals surface area contributed by atoms with Crippen LogP contribution in [-0.4, -0.2) is 54.8 Å². The van der Waals surface area contributed by atoms with Crippen molar-refractivity contribution in [3.05, 3.63) is 0 Å². The maximum absolute atomic E-state index is 12.7. The van der Waals surface area contributed by atoms with E-state index in [1.54, 1.807) is 4.90 Å². The summed E-state index contributed by atoms with van der Waals surface area (Å²) in [7, 11) is 1.84. The zero-order chi connectivity index (χ0) is 17.1. The van der Waals surface area contributed by atoms with Gasteiger partial charge in [0.15, 0.2) is 0 Å². The minimum atomic E-state index is -0.390. The zero-order valence-corrected chi connectivity index (χ0v) is 16.3. The van der Waals surface area contributed by atoms with Crippen LogP contribution in [0.25, 0.3) is 0 Å². The van der Waals surface area contributed by atoms with Crippen molar-refractivity contribution in [2.24, 2.45) is 22.5 Å². The number of likely N-dealkylation sites (tertiary alicyclic amines) is 1. The highest BCUT2D eigenvalue weighted by molar-refractivity contribution is 5.85. The first-order valence-electron chi connectivity index (χ1n) is 8.22. The molecule has 0 aromatic rings. The van der Waals surface area contributed by atoms with Gasteiger partial charge in [0.2, 0.25) is 11.8 Å². The molecule has 136 valence electrons. The number of hydrogen-bond acceptors (Lipinski definition) is 3. The van der Waals surface area contributed by atoms with E-state index in [1.165, 1.54) is 0 Å². The van der Waals surface area contributed by atoms with E-state index in [1.807, 2.05) is 32.7 Å². The van der Waals surface area contributed by atoms with Crippen LogP contribution in [0.1, 0.15) is 47.5 Å². The number of nitrogens with two attached hydrogens (primary N) is 1. The highest BCUT2D eigenvalue weighted by atomic mass is 35.5. The average molecular weight is 348 g/mol. The molecule has 0 aromatic heterocycles. The van der Waals surface area contributed by atoms with Crippen LogP contribution >= 0.6 is 12.4 Å². The van der Waals surface area contributed by atoms with E-state index in [-0.39, 0.29) is 35.6 Å². The highest BCUT2D eigenvalue weighted by Crippen LogP contribution is 2.25. The molecule has 1 rings (SSSR count). The fraction of sp³-hybridized carbons (Fsp3) is 0.882. The Hall–Kier alpha value is -0.810. The van der Waals surface area contributed by atoms with E-state index in [0.717, 1.165) is 19.4 Å². The number of amides is 2. The monoisotopic (exact) mass is 347 g/mol. The van der Waals surface area contributed by atoms with E-state index < -0.39 is 5.41 Å². The number of carbonyl (C=O) groups is 2. The molecule has 0 aromatic carbocycles. The molecule has 1 aliphatic heterocycles. The molecular formula is C17H34ClN3O2. The quantitative estimate of drug-likeness (QED) is 0.847. The first kappa shape index (κ1) is 22.2. The predicted molar refractivity (Wildman–Crippen MR) is 96.5 cm³/mol. The third-order valence-corrected chi connectivity index (χ3v) is 4.29. The van der Waals surface area contributed by atoms with E-state index in [9.17, 15) is 9.59 Å². The molecule has 1 aliphatic rings. The Bertz CT molecular complexity index is 419. The number of hydrogen-bond donors (Lipinski definition) is 1. The molecule has 1 heterocycles. The second-order valence-corrected chi connectivity index (χ2v) is 8.40. The summed E-state index contributed by atoms with van der Waals surface area (Å²) in [4.78, 5) is 28.7. The first-order valence-corrected chi connectivity index (χ1v) is 8.22. The lowest BCUT2D eigenvalue weighted by Crippen LogP contribution is -2.50. The maximum atomic E-state index is 12.7. The van der Waals surface area contributed by atoms with Gasteiger partial charge in [-0.3, -0.25) is 9.59 Å². The number of piperidine rings is 1. The molecule has 0 radical (unpaired) electrons. The fourth-order valence-corrected chi connectivity index (χ4v) is 2.93. The molecule has 0 saturated carbocycles.